The van der Waals surface area contributed by atoms with Crippen LogP contribution in [0.25, 0.3) is 0 Å². The largest absolute Gasteiger partial charge is 0.459 e. The molecule has 23 heavy (non-hydrogen) atoms. The minimum absolute atomic E-state index is 0.146. The number of anilines is 1. The summed E-state index contributed by atoms with van der Waals surface area (Å²) in [4.78, 5) is 39.7. The third-order valence-corrected chi connectivity index (χ3v) is 4.12. The van der Waals surface area contributed by atoms with Gasteiger partial charge in [0.15, 0.2) is 5.76 Å². The Kier molecular flexibility index (Phi) is 3.81. The number of furan rings is 1. The predicted molar refractivity (Wildman–Crippen MR) is 83.7 cm³/mol. The zero-order chi connectivity index (χ0) is 16.6. The maximum absolute atomic E-state index is 12.2. The number of carbonyl (C=O) groups excluding carboxylic acids is 1. The molecule has 8 nitrogen and oxygen atoms in total. The highest BCUT2D eigenvalue weighted by Gasteiger charge is 2.25. The van der Waals surface area contributed by atoms with E-state index in [1.165, 1.54) is 23.9 Å². The number of nitrogens with zero attached hydrogens (tertiary/aromatic N) is 4. The number of hydrogen-bond donors (Lipinski definition) is 0. The first kappa shape index (κ1) is 15.1. The Balaban J connectivity index is 1.76. The maximum Gasteiger partial charge on any atom is 0.332 e. The van der Waals surface area contributed by atoms with Crippen LogP contribution in [0.4, 0.5) is 5.82 Å². The standard InChI is InChI=1S/C15H18N4O4/c1-16-12(10-13(20)17(2)15(16)22)18-5-7-19(8-6-18)14(21)11-4-3-9-23-11/h3-4,9-10H,5-8H2,1-2H3. The summed E-state index contributed by atoms with van der Waals surface area (Å²) in [6, 6.07) is 4.77. The van der Waals surface area contributed by atoms with Gasteiger partial charge in [0.2, 0.25) is 0 Å². The van der Waals surface area contributed by atoms with E-state index in [1.807, 2.05) is 4.90 Å². The zero-order valence-electron chi connectivity index (χ0n) is 13.1. The fraction of sp³-hybridized carbons (Fsp3) is 0.400. The molecule has 2 aromatic rings. The van der Waals surface area contributed by atoms with E-state index in [4.69, 9.17) is 4.42 Å². The van der Waals surface area contributed by atoms with Crippen LogP contribution < -0.4 is 16.1 Å². The van der Waals surface area contributed by atoms with E-state index in [2.05, 4.69) is 0 Å². The molecule has 0 aliphatic carbocycles. The van der Waals surface area contributed by atoms with E-state index < -0.39 is 0 Å². The number of aromatic nitrogens is 2. The Bertz CT molecular complexity index is 826. The van der Waals surface area contributed by atoms with Crippen LogP contribution in [0.3, 0.4) is 0 Å². The van der Waals surface area contributed by atoms with Crippen molar-refractivity contribution in [2.75, 3.05) is 31.1 Å². The van der Waals surface area contributed by atoms with Crippen LogP contribution in [-0.2, 0) is 14.1 Å². The van der Waals surface area contributed by atoms with Crippen molar-refractivity contribution in [2.45, 2.75) is 0 Å². The van der Waals surface area contributed by atoms with Gasteiger partial charge in [-0.05, 0) is 12.1 Å². The topological polar surface area (TPSA) is 80.7 Å². The summed E-state index contributed by atoms with van der Waals surface area (Å²) >= 11 is 0. The lowest BCUT2D eigenvalue weighted by Crippen LogP contribution is -2.51. The average Bonchev–Trinajstić information content (AvgIpc) is 3.10. The highest BCUT2D eigenvalue weighted by atomic mass is 16.3. The number of carbonyl (C=O) groups is 1. The highest BCUT2D eigenvalue weighted by Crippen LogP contribution is 2.14. The quantitative estimate of drug-likeness (QED) is 0.755. The highest BCUT2D eigenvalue weighted by molar-refractivity contribution is 5.91. The van der Waals surface area contributed by atoms with Crippen molar-refractivity contribution in [3.05, 3.63) is 51.1 Å². The summed E-state index contributed by atoms with van der Waals surface area (Å²) in [5.41, 5.74) is -0.696. The molecule has 0 radical (unpaired) electrons. The second-order valence-electron chi connectivity index (χ2n) is 5.50. The minimum Gasteiger partial charge on any atom is -0.459 e. The van der Waals surface area contributed by atoms with Gasteiger partial charge in [-0.1, -0.05) is 0 Å². The fourth-order valence-corrected chi connectivity index (χ4v) is 2.72. The predicted octanol–water partition coefficient (Wildman–Crippen LogP) is -0.361. The molecule has 1 aliphatic rings. The molecule has 1 saturated heterocycles. The molecule has 0 aromatic carbocycles. The third-order valence-electron chi connectivity index (χ3n) is 4.12. The lowest BCUT2D eigenvalue weighted by molar-refractivity contribution is 0.0714. The summed E-state index contributed by atoms with van der Waals surface area (Å²) in [7, 11) is 3.09. The van der Waals surface area contributed by atoms with E-state index in [9.17, 15) is 14.4 Å². The van der Waals surface area contributed by atoms with Crippen LogP contribution in [0.15, 0.2) is 38.5 Å². The van der Waals surface area contributed by atoms with E-state index in [0.29, 0.717) is 37.8 Å². The second-order valence-corrected chi connectivity index (χ2v) is 5.50. The lowest BCUT2D eigenvalue weighted by Gasteiger charge is -2.36. The van der Waals surface area contributed by atoms with Gasteiger partial charge in [-0.15, -0.1) is 0 Å². The van der Waals surface area contributed by atoms with Crippen molar-refractivity contribution in [1.82, 2.24) is 14.0 Å². The molecular weight excluding hydrogens is 300 g/mol. The van der Waals surface area contributed by atoms with Crippen molar-refractivity contribution >= 4 is 11.7 Å². The molecule has 0 saturated carbocycles. The second kappa shape index (κ2) is 5.79. The summed E-state index contributed by atoms with van der Waals surface area (Å²) in [5, 5.41) is 0. The molecule has 8 heteroatoms. The van der Waals surface area contributed by atoms with Crippen LogP contribution in [0, 0.1) is 0 Å². The molecule has 0 N–H and O–H groups in total. The molecule has 122 valence electrons. The van der Waals surface area contributed by atoms with Crippen LogP contribution in [0.5, 0.6) is 0 Å². The van der Waals surface area contributed by atoms with Gasteiger partial charge in [0.1, 0.15) is 5.82 Å². The van der Waals surface area contributed by atoms with Gasteiger partial charge in [0.25, 0.3) is 11.5 Å². The molecular formula is C15H18N4O4. The molecule has 0 unspecified atom stereocenters. The first-order valence-electron chi connectivity index (χ1n) is 7.34. The smallest absolute Gasteiger partial charge is 0.332 e. The maximum atomic E-state index is 12.2. The van der Waals surface area contributed by atoms with E-state index in [0.717, 1.165) is 4.57 Å². The van der Waals surface area contributed by atoms with E-state index >= 15 is 0 Å². The van der Waals surface area contributed by atoms with Crippen molar-refractivity contribution in [3.63, 3.8) is 0 Å². The normalized spacial score (nSPS) is 15.0. The average molecular weight is 318 g/mol. The monoisotopic (exact) mass is 318 g/mol. The number of amides is 1. The summed E-state index contributed by atoms with van der Waals surface area (Å²) in [5.74, 6) is 0.746. The van der Waals surface area contributed by atoms with Gasteiger partial charge < -0.3 is 14.2 Å². The SMILES string of the molecule is Cn1c(N2CCN(C(=O)c3ccco3)CC2)cc(=O)n(C)c1=O. The molecule has 2 aromatic heterocycles. The molecule has 1 aliphatic heterocycles. The van der Waals surface area contributed by atoms with Crippen molar-refractivity contribution < 1.29 is 9.21 Å². The first-order valence-corrected chi connectivity index (χ1v) is 7.34. The molecule has 3 rings (SSSR count). The third kappa shape index (κ3) is 2.67. The summed E-state index contributed by atoms with van der Waals surface area (Å²) < 4.78 is 7.65. The van der Waals surface area contributed by atoms with Gasteiger partial charge >= 0.3 is 5.69 Å². The molecule has 0 spiro atoms. The molecule has 0 bridgehead atoms. The molecule has 1 fully saturated rings. The fourth-order valence-electron chi connectivity index (χ4n) is 2.72. The van der Waals surface area contributed by atoms with Gasteiger partial charge in [0, 0.05) is 46.3 Å². The van der Waals surface area contributed by atoms with Gasteiger partial charge in [-0.3, -0.25) is 18.7 Å². The van der Waals surface area contributed by atoms with Crippen LogP contribution in [-0.4, -0.2) is 46.1 Å². The number of piperazine rings is 1. The van der Waals surface area contributed by atoms with Gasteiger partial charge in [0.05, 0.1) is 6.26 Å². The zero-order valence-corrected chi connectivity index (χ0v) is 13.1. The molecule has 1 amide bonds. The Morgan fingerprint density at radius 2 is 1.78 bits per heavy atom. The summed E-state index contributed by atoms with van der Waals surface area (Å²) in [6.07, 6.45) is 1.47. The van der Waals surface area contributed by atoms with Crippen molar-refractivity contribution in [1.29, 1.82) is 0 Å². The van der Waals surface area contributed by atoms with E-state index in [-0.39, 0.29) is 17.2 Å². The van der Waals surface area contributed by atoms with E-state index in [1.54, 1.807) is 24.1 Å². The summed E-state index contributed by atoms with van der Waals surface area (Å²) in [6.45, 7) is 2.10. The van der Waals surface area contributed by atoms with Crippen molar-refractivity contribution in [3.8, 4) is 0 Å². The van der Waals surface area contributed by atoms with Crippen molar-refractivity contribution in [2.24, 2.45) is 14.1 Å². The Morgan fingerprint density at radius 3 is 2.39 bits per heavy atom. The number of rotatable bonds is 2. The van der Waals surface area contributed by atoms with Crippen LogP contribution in [0.2, 0.25) is 0 Å². The van der Waals surface area contributed by atoms with Crippen LogP contribution in [0.1, 0.15) is 10.6 Å². The van der Waals surface area contributed by atoms with Crippen LogP contribution >= 0.6 is 0 Å². The lowest BCUT2D eigenvalue weighted by atomic mass is 10.2. The molecule has 0 atom stereocenters. The Morgan fingerprint density at radius 1 is 1.09 bits per heavy atom. The van der Waals surface area contributed by atoms with Gasteiger partial charge in [-0.25, -0.2) is 4.79 Å². The minimum atomic E-state index is -0.360. The first-order chi connectivity index (χ1) is 11.0. The number of hydrogen-bond acceptors (Lipinski definition) is 5. The Labute approximate surface area is 132 Å². The Hall–Kier alpha value is -2.77. The molecule has 3 heterocycles. The van der Waals surface area contributed by atoms with Gasteiger partial charge in [-0.2, -0.15) is 0 Å².